The highest BCUT2D eigenvalue weighted by atomic mass is 32.1. The quantitative estimate of drug-likeness (QED) is 0.858. The van der Waals surface area contributed by atoms with Crippen LogP contribution in [0.2, 0.25) is 0 Å². The van der Waals surface area contributed by atoms with Crippen LogP contribution in [0.4, 0.5) is 0 Å². The number of hydrogen-bond donors (Lipinski definition) is 1. The number of hydrogen-bond acceptors (Lipinski definition) is 5. The maximum Gasteiger partial charge on any atom is 0.0795 e. The Morgan fingerprint density at radius 2 is 1.71 bits per heavy atom. The summed E-state index contributed by atoms with van der Waals surface area (Å²) < 4.78 is 0. The number of rotatable bonds is 2. The second-order valence-corrected chi connectivity index (χ2v) is 4.39. The van der Waals surface area contributed by atoms with Crippen LogP contribution in [-0.2, 0) is 13.0 Å². The lowest BCUT2D eigenvalue weighted by Crippen LogP contribution is -1.70. The number of thiazole rings is 2. The predicted octanol–water partition coefficient (Wildman–Crippen LogP) is 2.34. The summed E-state index contributed by atoms with van der Waals surface area (Å²) >= 11 is 3.17. The summed E-state index contributed by atoms with van der Waals surface area (Å²) in [4.78, 5) is 9.94. The van der Waals surface area contributed by atoms with Gasteiger partial charge in [0.05, 0.1) is 17.6 Å². The van der Waals surface area contributed by atoms with Gasteiger partial charge in [0.25, 0.3) is 0 Å². The minimum atomic E-state index is 0.116. The summed E-state index contributed by atoms with van der Waals surface area (Å²) in [5.41, 5.74) is 3.56. The van der Waals surface area contributed by atoms with Crippen molar-refractivity contribution in [1.29, 1.82) is 0 Å². The molecule has 76 valence electrons. The molecule has 2 aromatic rings. The molecule has 0 aliphatic heterocycles. The van der Waals surface area contributed by atoms with Crippen molar-refractivity contribution < 1.29 is 5.11 Å². The molecular weight excluding hydrogens is 216 g/mol. The lowest BCUT2D eigenvalue weighted by molar-refractivity contribution is 0.285. The van der Waals surface area contributed by atoms with Gasteiger partial charge in [-0.3, -0.25) is 9.97 Å². The molecule has 0 aliphatic carbocycles. The van der Waals surface area contributed by atoms with Crippen LogP contribution in [0.3, 0.4) is 0 Å². The van der Waals surface area contributed by atoms with E-state index in [4.69, 9.17) is 5.11 Å². The van der Waals surface area contributed by atoms with Crippen LogP contribution in [0.25, 0.3) is 0 Å². The van der Waals surface area contributed by atoms with Crippen LogP contribution in [0, 0.1) is 0 Å². The van der Waals surface area contributed by atoms with Gasteiger partial charge in [-0.25, -0.2) is 0 Å². The van der Waals surface area contributed by atoms with Crippen molar-refractivity contribution in [3.05, 3.63) is 33.2 Å². The first kappa shape index (κ1) is 11.3. The van der Waals surface area contributed by atoms with Crippen molar-refractivity contribution in [2.45, 2.75) is 20.0 Å². The monoisotopic (exact) mass is 228 g/mol. The molecule has 14 heavy (non-hydrogen) atoms. The third kappa shape index (κ3) is 3.95. The summed E-state index contributed by atoms with van der Waals surface area (Å²) in [5, 5.41) is 8.40. The normalized spacial score (nSPS) is 9.29. The van der Waals surface area contributed by atoms with Crippen molar-refractivity contribution in [3.8, 4) is 0 Å². The van der Waals surface area contributed by atoms with Crippen molar-refractivity contribution in [1.82, 2.24) is 9.97 Å². The maximum absolute atomic E-state index is 8.40. The summed E-state index contributed by atoms with van der Waals surface area (Å²) in [6.45, 7) is 2.25. The van der Waals surface area contributed by atoms with Crippen molar-refractivity contribution in [3.63, 3.8) is 0 Å². The van der Waals surface area contributed by atoms with E-state index in [1.165, 1.54) is 16.2 Å². The number of aryl methyl sites for hydroxylation is 1. The molecule has 0 radical (unpaired) electrons. The molecule has 2 rings (SSSR count). The van der Waals surface area contributed by atoms with E-state index >= 15 is 0 Å². The first-order chi connectivity index (χ1) is 6.86. The SMILES string of the molecule is CCc1cncs1.OCc1cncs1. The van der Waals surface area contributed by atoms with E-state index in [0.29, 0.717) is 0 Å². The number of nitrogens with zero attached hydrogens (tertiary/aromatic N) is 2. The highest BCUT2D eigenvalue weighted by Gasteiger charge is 1.85. The molecule has 0 bridgehead atoms. The molecule has 0 amide bonds. The Balaban J connectivity index is 0.000000140. The lowest BCUT2D eigenvalue weighted by Gasteiger charge is -1.76. The number of aromatic nitrogens is 2. The molecule has 2 aromatic heterocycles. The van der Waals surface area contributed by atoms with Crippen molar-refractivity contribution >= 4 is 22.7 Å². The number of aliphatic hydroxyl groups is 1. The third-order valence-corrected chi connectivity index (χ3v) is 3.16. The van der Waals surface area contributed by atoms with E-state index in [-0.39, 0.29) is 6.61 Å². The molecule has 0 aromatic carbocycles. The topological polar surface area (TPSA) is 46.0 Å². The Bertz CT molecular complexity index is 284. The van der Waals surface area contributed by atoms with Crippen LogP contribution >= 0.6 is 22.7 Å². The van der Waals surface area contributed by atoms with Gasteiger partial charge in [0.1, 0.15) is 0 Å². The van der Waals surface area contributed by atoms with E-state index < -0.39 is 0 Å². The Morgan fingerprint density at radius 1 is 1.14 bits per heavy atom. The molecule has 0 aliphatic rings. The Labute approximate surface area is 91.1 Å². The minimum absolute atomic E-state index is 0.116. The smallest absolute Gasteiger partial charge is 0.0795 e. The first-order valence-electron chi connectivity index (χ1n) is 4.22. The molecule has 0 unspecified atom stereocenters. The molecule has 5 heteroatoms. The van der Waals surface area contributed by atoms with E-state index in [1.807, 2.05) is 11.7 Å². The molecule has 0 saturated heterocycles. The zero-order chi connectivity index (χ0) is 10.2. The van der Waals surface area contributed by atoms with Gasteiger partial charge in [0, 0.05) is 22.1 Å². The van der Waals surface area contributed by atoms with Gasteiger partial charge in [0.2, 0.25) is 0 Å². The molecule has 2 heterocycles. The molecule has 0 atom stereocenters. The highest BCUT2D eigenvalue weighted by Crippen LogP contribution is 2.04. The average Bonchev–Trinajstić information content (AvgIpc) is 2.92. The summed E-state index contributed by atoms with van der Waals surface area (Å²) in [7, 11) is 0. The van der Waals surface area contributed by atoms with Gasteiger partial charge in [-0.05, 0) is 6.42 Å². The van der Waals surface area contributed by atoms with E-state index in [9.17, 15) is 0 Å². The fraction of sp³-hybridized carbons (Fsp3) is 0.333. The van der Waals surface area contributed by atoms with Gasteiger partial charge >= 0.3 is 0 Å². The van der Waals surface area contributed by atoms with Gasteiger partial charge in [-0.1, -0.05) is 6.92 Å². The van der Waals surface area contributed by atoms with Crippen molar-refractivity contribution in [2.24, 2.45) is 0 Å². The van der Waals surface area contributed by atoms with Gasteiger partial charge in [-0.15, -0.1) is 22.7 Å². The second kappa shape index (κ2) is 6.64. The Hall–Kier alpha value is -0.780. The molecule has 0 fully saturated rings. The zero-order valence-corrected chi connectivity index (χ0v) is 9.51. The van der Waals surface area contributed by atoms with Crippen LogP contribution in [-0.4, -0.2) is 15.1 Å². The predicted molar refractivity (Wildman–Crippen MR) is 59.5 cm³/mol. The summed E-state index contributed by atoms with van der Waals surface area (Å²) in [5.74, 6) is 0. The van der Waals surface area contributed by atoms with Gasteiger partial charge in [-0.2, -0.15) is 0 Å². The van der Waals surface area contributed by atoms with Crippen LogP contribution in [0.5, 0.6) is 0 Å². The third-order valence-electron chi connectivity index (χ3n) is 1.47. The zero-order valence-electron chi connectivity index (χ0n) is 7.88. The Morgan fingerprint density at radius 3 is 1.93 bits per heavy atom. The Kier molecular flexibility index (Phi) is 5.36. The number of aliphatic hydroxyl groups excluding tert-OH is 1. The fourth-order valence-electron chi connectivity index (χ4n) is 0.737. The molecule has 3 nitrogen and oxygen atoms in total. The standard InChI is InChI=1S/C5H7NS.C4H5NOS/c1-2-5-3-6-4-7-5;6-2-4-1-5-3-7-4/h3-4H,2H2,1H3;1,3,6H,2H2. The second-order valence-electron chi connectivity index (χ2n) is 2.45. The first-order valence-corrected chi connectivity index (χ1v) is 5.98. The van der Waals surface area contributed by atoms with E-state index in [2.05, 4.69) is 16.9 Å². The highest BCUT2D eigenvalue weighted by molar-refractivity contribution is 7.09. The molecule has 0 saturated carbocycles. The molecule has 1 N–H and O–H groups in total. The maximum atomic E-state index is 8.40. The van der Waals surface area contributed by atoms with E-state index in [1.54, 1.807) is 23.0 Å². The van der Waals surface area contributed by atoms with Crippen LogP contribution in [0.1, 0.15) is 16.7 Å². The lowest BCUT2D eigenvalue weighted by atomic mass is 10.4. The average molecular weight is 228 g/mol. The summed E-state index contributed by atoms with van der Waals surface area (Å²) in [6.07, 6.45) is 4.68. The molecular formula is C9H12N2OS2. The summed E-state index contributed by atoms with van der Waals surface area (Å²) in [6, 6.07) is 0. The minimum Gasteiger partial charge on any atom is -0.391 e. The largest absolute Gasteiger partial charge is 0.391 e. The fourth-order valence-corrected chi connectivity index (χ4v) is 1.74. The van der Waals surface area contributed by atoms with Gasteiger partial charge in [0.15, 0.2) is 0 Å². The molecule has 0 spiro atoms. The van der Waals surface area contributed by atoms with Crippen molar-refractivity contribution in [2.75, 3.05) is 0 Å². The van der Waals surface area contributed by atoms with Crippen LogP contribution < -0.4 is 0 Å². The van der Waals surface area contributed by atoms with Crippen LogP contribution in [0.15, 0.2) is 23.4 Å². The van der Waals surface area contributed by atoms with E-state index in [0.717, 1.165) is 11.3 Å². The van der Waals surface area contributed by atoms with Gasteiger partial charge < -0.3 is 5.11 Å².